The number of β-lactam (4-membered cyclic amide) rings is 1. The van der Waals surface area contributed by atoms with Gasteiger partial charge in [0, 0.05) is 5.92 Å². The summed E-state index contributed by atoms with van der Waals surface area (Å²) in [6.45, 7) is 13.0. The van der Waals surface area contributed by atoms with Gasteiger partial charge in [-0.1, -0.05) is 48.0 Å². The average molecular weight is 346 g/mol. The van der Waals surface area contributed by atoms with Gasteiger partial charge in [-0.15, -0.1) is 0 Å². The number of imide groups is 1. The van der Waals surface area contributed by atoms with Gasteiger partial charge in [-0.25, -0.2) is 0 Å². The van der Waals surface area contributed by atoms with Gasteiger partial charge in [0.25, 0.3) is 0 Å². The topological polar surface area (TPSA) is 37.4 Å². The molecule has 0 aromatic carbocycles. The molecule has 4 aliphatic rings. The molecule has 4 fully saturated rings. The predicted octanol–water partition coefficient (Wildman–Crippen LogP) is 4.50. The quantitative estimate of drug-likeness (QED) is 0.691. The van der Waals surface area contributed by atoms with Gasteiger partial charge in [0.15, 0.2) is 0 Å². The highest BCUT2D eigenvalue weighted by Gasteiger charge is 2.70. The second kappa shape index (κ2) is 5.33. The molecule has 3 heteroatoms. The Morgan fingerprint density at radius 3 is 2.20 bits per heavy atom. The lowest BCUT2D eigenvalue weighted by molar-refractivity contribution is -0.177. The van der Waals surface area contributed by atoms with Crippen LogP contribution in [-0.2, 0) is 9.59 Å². The van der Waals surface area contributed by atoms with Crippen molar-refractivity contribution in [3.8, 4) is 0 Å². The fraction of sp³-hybridized carbons (Fsp3) is 0.909. The zero-order valence-corrected chi connectivity index (χ0v) is 16.8. The SMILES string of the molecule is CC(C)(C)CC(C(=O)N1C(=O)C2C3CC(C4CCCC43)C21)C(C)(C)C. The van der Waals surface area contributed by atoms with Crippen LogP contribution in [0.3, 0.4) is 0 Å². The minimum absolute atomic E-state index is 0.0732. The molecular weight excluding hydrogens is 310 g/mol. The largest absolute Gasteiger partial charge is 0.278 e. The number of hydrogen-bond donors (Lipinski definition) is 0. The first-order valence-corrected chi connectivity index (χ1v) is 10.4. The van der Waals surface area contributed by atoms with E-state index < -0.39 is 0 Å². The Morgan fingerprint density at radius 1 is 1.04 bits per heavy atom. The molecule has 4 rings (SSSR count). The van der Waals surface area contributed by atoms with E-state index in [-0.39, 0.29) is 40.5 Å². The van der Waals surface area contributed by atoms with Crippen molar-refractivity contribution in [2.45, 2.75) is 79.7 Å². The van der Waals surface area contributed by atoms with E-state index in [1.165, 1.54) is 25.7 Å². The highest BCUT2D eigenvalue weighted by Crippen LogP contribution is 2.65. The minimum Gasteiger partial charge on any atom is -0.278 e. The lowest BCUT2D eigenvalue weighted by Crippen LogP contribution is -2.68. The molecule has 3 saturated carbocycles. The third kappa shape index (κ3) is 2.51. The van der Waals surface area contributed by atoms with E-state index in [1.807, 2.05) is 0 Å². The van der Waals surface area contributed by atoms with E-state index in [2.05, 4.69) is 41.5 Å². The zero-order valence-electron chi connectivity index (χ0n) is 16.8. The number of hydrogen-bond acceptors (Lipinski definition) is 2. The maximum Gasteiger partial charge on any atom is 0.234 e. The molecule has 0 spiro atoms. The number of amides is 2. The summed E-state index contributed by atoms with van der Waals surface area (Å²) in [5, 5.41) is 0. The molecule has 0 radical (unpaired) electrons. The molecule has 0 N–H and O–H groups in total. The Hall–Kier alpha value is -0.860. The molecule has 25 heavy (non-hydrogen) atoms. The first kappa shape index (κ1) is 17.5. The van der Waals surface area contributed by atoms with Crippen molar-refractivity contribution < 1.29 is 9.59 Å². The van der Waals surface area contributed by atoms with Crippen molar-refractivity contribution in [1.29, 1.82) is 0 Å². The molecule has 3 nitrogen and oxygen atoms in total. The third-order valence-electron chi connectivity index (χ3n) is 7.76. The molecule has 0 aromatic heterocycles. The van der Waals surface area contributed by atoms with Crippen molar-refractivity contribution in [1.82, 2.24) is 4.90 Å². The van der Waals surface area contributed by atoms with E-state index in [0.29, 0.717) is 11.8 Å². The fourth-order valence-electron chi connectivity index (χ4n) is 6.78. The summed E-state index contributed by atoms with van der Waals surface area (Å²) in [5.41, 5.74) is -0.0185. The molecular formula is C22H35NO2. The van der Waals surface area contributed by atoms with Crippen LogP contribution in [0.4, 0.5) is 0 Å². The van der Waals surface area contributed by atoms with Crippen LogP contribution in [0.25, 0.3) is 0 Å². The van der Waals surface area contributed by atoms with Crippen LogP contribution in [0, 0.1) is 46.3 Å². The number of fused-ring (bicyclic) bond motifs is 8. The van der Waals surface area contributed by atoms with Gasteiger partial charge in [-0.05, 0) is 60.2 Å². The summed E-state index contributed by atoms with van der Waals surface area (Å²) in [6, 6.07) is 0.245. The molecule has 2 amide bonds. The van der Waals surface area contributed by atoms with Gasteiger partial charge in [0.2, 0.25) is 11.8 Å². The lowest BCUT2D eigenvalue weighted by atomic mass is 9.65. The van der Waals surface area contributed by atoms with Gasteiger partial charge in [0.05, 0.1) is 12.0 Å². The van der Waals surface area contributed by atoms with Gasteiger partial charge in [-0.2, -0.15) is 0 Å². The average Bonchev–Trinajstić information content (AvgIpc) is 3.11. The highest BCUT2D eigenvalue weighted by molar-refractivity contribution is 6.03. The summed E-state index contributed by atoms with van der Waals surface area (Å²) >= 11 is 0. The zero-order chi connectivity index (χ0) is 18.3. The van der Waals surface area contributed by atoms with E-state index in [1.54, 1.807) is 4.90 Å². The lowest BCUT2D eigenvalue weighted by Gasteiger charge is -2.53. The summed E-state index contributed by atoms with van der Waals surface area (Å²) in [6.07, 6.45) is 6.04. The first-order valence-electron chi connectivity index (χ1n) is 10.4. The Morgan fingerprint density at radius 2 is 1.64 bits per heavy atom. The standard InChI is InChI=1S/C22H35NO2/c1-21(2,3)11-16(22(4,5)6)19(24)23-18-15-10-14(17(18)20(23)25)12-8-7-9-13(12)15/h12-18H,7-11H2,1-6H3. The number of nitrogens with zero attached hydrogens (tertiary/aromatic N) is 1. The van der Waals surface area contributed by atoms with Crippen molar-refractivity contribution in [2.75, 3.05) is 0 Å². The van der Waals surface area contributed by atoms with Crippen molar-refractivity contribution in [3.05, 3.63) is 0 Å². The van der Waals surface area contributed by atoms with Crippen molar-refractivity contribution >= 4 is 11.8 Å². The molecule has 0 aromatic rings. The predicted molar refractivity (Wildman–Crippen MR) is 98.6 cm³/mol. The third-order valence-corrected chi connectivity index (χ3v) is 7.76. The van der Waals surface area contributed by atoms with Crippen LogP contribution in [0.2, 0.25) is 0 Å². The van der Waals surface area contributed by atoms with Crippen LogP contribution >= 0.6 is 0 Å². The van der Waals surface area contributed by atoms with Gasteiger partial charge in [-0.3, -0.25) is 14.5 Å². The van der Waals surface area contributed by atoms with E-state index in [0.717, 1.165) is 18.3 Å². The Labute approximate surface area is 152 Å². The van der Waals surface area contributed by atoms with Crippen LogP contribution in [0.15, 0.2) is 0 Å². The van der Waals surface area contributed by atoms with Gasteiger partial charge in [0.1, 0.15) is 0 Å². The molecule has 1 saturated heterocycles. The van der Waals surface area contributed by atoms with Gasteiger partial charge >= 0.3 is 0 Å². The molecule has 3 aliphatic carbocycles. The molecule has 2 bridgehead atoms. The smallest absolute Gasteiger partial charge is 0.234 e. The van der Waals surface area contributed by atoms with Gasteiger partial charge < -0.3 is 0 Å². The number of likely N-dealkylation sites (tertiary alicyclic amines) is 1. The molecule has 7 atom stereocenters. The molecule has 7 unspecified atom stereocenters. The summed E-state index contributed by atoms with van der Waals surface area (Å²) in [7, 11) is 0. The Bertz CT molecular complexity index is 596. The normalized spacial score (nSPS) is 40.7. The minimum atomic E-state index is -0.108. The van der Waals surface area contributed by atoms with E-state index in [9.17, 15) is 9.59 Å². The van der Waals surface area contributed by atoms with Crippen molar-refractivity contribution in [3.63, 3.8) is 0 Å². The summed E-state index contributed by atoms with van der Waals surface area (Å²) in [4.78, 5) is 28.2. The monoisotopic (exact) mass is 345 g/mol. The Balaban J connectivity index is 1.57. The molecule has 1 heterocycles. The Kier molecular flexibility index (Phi) is 3.74. The van der Waals surface area contributed by atoms with Crippen LogP contribution in [0.1, 0.15) is 73.6 Å². The number of rotatable bonds is 2. The van der Waals surface area contributed by atoms with E-state index in [4.69, 9.17) is 0 Å². The second-order valence-corrected chi connectivity index (χ2v) is 11.6. The second-order valence-electron chi connectivity index (χ2n) is 11.6. The van der Waals surface area contributed by atoms with Crippen molar-refractivity contribution in [2.24, 2.45) is 46.3 Å². The summed E-state index contributed by atoms with van der Waals surface area (Å²) in [5.74, 6) is 3.19. The van der Waals surface area contributed by atoms with Crippen LogP contribution < -0.4 is 0 Å². The van der Waals surface area contributed by atoms with E-state index >= 15 is 0 Å². The summed E-state index contributed by atoms with van der Waals surface area (Å²) < 4.78 is 0. The number of carbonyl (C=O) groups is 2. The first-order chi connectivity index (χ1) is 11.5. The molecule has 140 valence electrons. The highest BCUT2D eigenvalue weighted by atomic mass is 16.2. The van der Waals surface area contributed by atoms with Crippen LogP contribution in [-0.4, -0.2) is 22.8 Å². The maximum absolute atomic E-state index is 13.5. The molecule has 1 aliphatic heterocycles. The fourth-order valence-corrected chi connectivity index (χ4v) is 6.78. The van der Waals surface area contributed by atoms with Crippen LogP contribution in [0.5, 0.6) is 0 Å². The number of carbonyl (C=O) groups excluding carboxylic acids is 2. The maximum atomic E-state index is 13.5.